The molecule has 0 spiro atoms. The number of anilines is 1. The molecule has 1 aliphatic rings. The third kappa shape index (κ3) is 4.04. The zero-order valence-corrected chi connectivity index (χ0v) is 18.2. The van der Waals surface area contributed by atoms with Crippen molar-refractivity contribution in [2.45, 2.75) is 0 Å². The fourth-order valence-corrected chi connectivity index (χ4v) is 3.76. The van der Waals surface area contributed by atoms with Crippen LogP contribution < -0.4 is 5.32 Å². The number of hydrogen-bond acceptors (Lipinski definition) is 7. The molecule has 0 unspecified atom stereocenters. The lowest BCUT2D eigenvalue weighted by molar-refractivity contribution is -0.110. The van der Waals surface area contributed by atoms with Crippen LogP contribution >= 0.6 is 0 Å². The minimum Gasteiger partial charge on any atom is -0.494 e. The number of carbonyl (C=O) groups excluding carboxylic acids is 2. The summed E-state index contributed by atoms with van der Waals surface area (Å²) < 4.78 is 0. The van der Waals surface area contributed by atoms with Crippen LogP contribution in [-0.2, 0) is 4.79 Å². The molecule has 0 atom stereocenters. The first-order chi connectivity index (χ1) is 16.5. The van der Waals surface area contributed by atoms with Crippen molar-refractivity contribution in [2.24, 2.45) is 9.98 Å². The van der Waals surface area contributed by atoms with E-state index in [1.54, 1.807) is 59.6 Å². The monoisotopic (exact) mass is 455 g/mol. The molecule has 2 aromatic heterocycles. The average molecular weight is 455 g/mol. The lowest BCUT2D eigenvalue weighted by Crippen LogP contribution is -2.34. The van der Waals surface area contributed by atoms with Crippen molar-refractivity contribution >= 4 is 46.1 Å². The second kappa shape index (κ2) is 8.66. The normalized spacial score (nSPS) is 13.6. The largest absolute Gasteiger partial charge is 0.494 e. The van der Waals surface area contributed by atoms with E-state index in [-0.39, 0.29) is 17.6 Å². The van der Waals surface area contributed by atoms with Gasteiger partial charge in [0.2, 0.25) is 0 Å². The minimum atomic E-state index is -0.277. The van der Waals surface area contributed by atoms with Crippen LogP contribution in [0.2, 0.25) is 0 Å². The lowest BCUT2D eigenvalue weighted by atomic mass is 10.0. The highest BCUT2D eigenvalue weighted by molar-refractivity contribution is 6.42. The number of benzene rings is 2. The van der Waals surface area contributed by atoms with Gasteiger partial charge in [-0.3, -0.25) is 19.7 Å². The van der Waals surface area contributed by atoms with Crippen LogP contribution in [0.15, 0.2) is 64.7 Å². The van der Waals surface area contributed by atoms with Gasteiger partial charge in [-0.2, -0.15) is 5.10 Å². The van der Waals surface area contributed by atoms with Gasteiger partial charge in [0, 0.05) is 53.6 Å². The van der Waals surface area contributed by atoms with Crippen LogP contribution in [0.4, 0.5) is 11.5 Å². The van der Waals surface area contributed by atoms with Gasteiger partial charge in [0.25, 0.3) is 5.91 Å². The summed E-state index contributed by atoms with van der Waals surface area (Å²) >= 11 is 0. The first kappa shape index (κ1) is 21.1. The van der Waals surface area contributed by atoms with Crippen molar-refractivity contribution in [2.75, 3.05) is 25.5 Å². The molecule has 3 heterocycles. The number of likely N-dealkylation sites (N-methyl/N-ethyl adjacent to an activating group) is 1. The number of aromatic hydroxyl groups is 1. The summed E-state index contributed by atoms with van der Waals surface area (Å²) in [4.78, 5) is 38.6. The van der Waals surface area contributed by atoms with Crippen molar-refractivity contribution in [3.8, 4) is 5.88 Å². The van der Waals surface area contributed by atoms with Gasteiger partial charge < -0.3 is 20.3 Å². The lowest BCUT2D eigenvalue weighted by Gasteiger charge is -2.13. The van der Waals surface area contributed by atoms with E-state index in [0.717, 1.165) is 6.54 Å². The van der Waals surface area contributed by atoms with Gasteiger partial charge in [-0.15, -0.1) is 0 Å². The number of ketones is 1. The summed E-state index contributed by atoms with van der Waals surface area (Å²) in [7, 11) is 1.82. The summed E-state index contributed by atoms with van der Waals surface area (Å²) in [5.74, 6) is 0.438. The molecule has 34 heavy (non-hydrogen) atoms. The van der Waals surface area contributed by atoms with Gasteiger partial charge in [0.15, 0.2) is 17.5 Å². The van der Waals surface area contributed by atoms with E-state index in [9.17, 15) is 14.7 Å². The molecule has 4 aromatic rings. The predicted octanol–water partition coefficient (Wildman–Crippen LogP) is 2.86. The van der Waals surface area contributed by atoms with E-state index in [2.05, 4.69) is 30.5 Å². The van der Waals surface area contributed by atoms with Gasteiger partial charge in [0.05, 0.1) is 18.3 Å². The Morgan fingerprint density at radius 2 is 1.94 bits per heavy atom. The topological polar surface area (TPSA) is 139 Å². The summed E-state index contributed by atoms with van der Waals surface area (Å²) in [5, 5.41) is 20.3. The molecular weight excluding hydrogens is 434 g/mol. The van der Waals surface area contributed by atoms with Gasteiger partial charge in [0.1, 0.15) is 5.82 Å². The number of nitrogens with one attached hydrogen (secondary N) is 3. The molecule has 10 nitrogen and oxygen atoms in total. The van der Waals surface area contributed by atoms with E-state index in [1.807, 2.05) is 7.05 Å². The quantitative estimate of drug-likeness (QED) is 0.262. The van der Waals surface area contributed by atoms with Crippen LogP contribution in [-0.4, -0.2) is 69.1 Å². The first-order valence-electron chi connectivity index (χ1n) is 10.6. The zero-order valence-electron chi connectivity index (χ0n) is 18.2. The van der Waals surface area contributed by atoms with Crippen molar-refractivity contribution in [3.05, 3.63) is 71.4 Å². The highest BCUT2D eigenvalue weighted by Crippen LogP contribution is 2.28. The highest BCUT2D eigenvalue weighted by atomic mass is 16.3. The number of amidine groups is 1. The van der Waals surface area contributed by atoms with E-state index >= 15 is 0 Å². The van der Waals surface area contributed by atoms with Crippen LogP contribution in [0.25, 0.3) is 10.9 Å². The smallest absolute Gasteiger partial charge is 0.290 e. The molecule has 0 saturated heterocycles. The molecule has 1 amide bonds. The van der Waals surface area contributed by atoms with Crippen LogP contribution in [0.5, 0.6) is 5.88 Å². The number of nitrogens with zero attached hydrogens (tertiary/aromatic N) is 4. The van der Waals surface area contributed by atoms with E-state index in [1.165, 1.54) is 6.21 Å². The molecule has 10 heteroatoms. The van der Waals surface area contributed by atoms with Crippen LogP contribution in [0, 0.1) is 0 Å². The molecule has 1 aliphatic heterocycles. The number of aromatic nitrogens is 3. The second-order valence-corrected chi connectivity index (χ2v) is 7.84. The third-order valence-corrected chi connectivity index (χ3v) is 5.57. The van der Waals surface area contributed by atoms with Crippen molar-refractivity contribution in [3.63, 3.8) is 0 Å². The molecule has 5 rings (SSSR count). The molecule has 0 saturated carbocycles. The second-order valence-electron chi connectivity index (χ2n) is 7.84. The van der Waals surface area contributed by atoms with E-state index in [4.69, 9.17) is 0 Å². The SMILES string of the molecule is CN1CCN=C1C(=O)Nc1ccc(C(=O)c2ccc3[nH]c(O)c(C=Nc4ccn[nH]4)c3c2)cc1. The van der Waals surface area contributed by atoms with Gasteiger partial charge in [-0.05, 0) is 42.5 Å². The maximum Gasteiger partial charge on any atom is 0.290 e. The summed E-state index contributed by atoms with van der Waals surface area (Å²) in [6.07, 6.45) is 3.09. The van der Waals surface area contributed by atoms with Gasteiger partial charge in [-0.1, -0.05) is 0 Å². The van der Waals surface area contributed by atoms with Crippen molar-refractivity contribution < 1.29 is 14.7 Å². The highest BCUT2D eigenvalue weighted by Gasteiger charge is 2.20. The molecule has 4 N–H and O–H groups in total. The average Bonchev–Trinajstić information content (AvgIpc) is 3.57. The Balaban J connectivity index is 1.36. The fourth-order valence-electron chi connectivity index (χ4n) is 3.76. The van der Waals surface area contributed by atoms with Gasteiger partial charge in [-0.25, -0.2) is 4.99 Å². The number of rotatable bonds is 6. The van der Waals surface area contributed by atoms with Crippen molar-refractivity contribution in [1.82, 2.24) is 20.1 Å². The first-order valence-corrected chi connectivity index (χ1v) is 10.6. The molecule has 0 fully saturated rings. The zero-order chi connectivity index (χ0) is 23.7. The van der Waals surface area contributed by atoms with Crippen LogP contribution in [0.3, 0.4) is 0 Å². The minimum absolute atomic E-state index is 0.0412. The number of aromatic amines is 2. The number of fused-ring (bicyclic) bond motifs is 1. The summed E-state index contributed by atoms with van der Waals surface area (Å²) in [6.45, 7) is 1.32. The van der Waals surface area contributed by atoms with E-state index < -0.39 is 0 Å². The number of H-pyrrole nitrogens is 2. The molecule has 170 valence electrons. The Morgan fingerprint density at radius 3 is 2.65 bits per heavy atom. The Bertz CT molecular complexity index is 1430. The molecule has 0 aliphatic carbocycles. The number of hydrogen-bond donors (Lipinski definition) is 4. The summed E-state index contributed by atoms with van der Waals surface area (Å²) in [6, 6.07) is 13.5. The fraction of sp³-hybridized carbons (Fsp3) is 0.125. The molecule has 0 radical (unpaired) electrons. The standard InChI is InChI=1S/C24H21N7O3/c1-31-11-10-25-22(31)24(34)28-16-5-2-14(3-6-16)21(32)15-4-7-19-17(12-15)18(23(33)29-19)13-26-20-8-9-27-30-20/h2-9,12-13,29,33H,10-11H2,1H3,(H,27,30)(H,28,34). The maximum absolute atomic E-state index is 13.1. The number of amides is 1. The predicted molar refractivity (Wildman–Crippen MR) is 129 cm³/mol. The molecule has 0 bridgehead atoms. The Kier molecular flexibility index (Phi) is 5.38. The molecular formula is C24H21N7O3. The van der Waals surface area contributed by atoms with Crippen molar-refractivity contribution in [1.29, 1.82) is 0 Å². The Hall–Kier alpha value is -4.73. The Labute approximate surface area is 194 Å². The Morgan fingerprint density at radius 1 is 1.15 bits per heavy atom. The van der Waals surface area contributed by atoms with Crippen LogP contribution in [0.1, 0.15) is 21.5 Å². The number of carbonyl (C=O) groups is 2. The number of aliphatic imine (C=N–C) groups is 2. The van der Waals surface area contributed by atoms with E-state index in [0.29, 0.717) is 51.5 Å². The van der Waals surface area contributed by atoms with Gasteiger partial charge >= 0.3 is 0 Å². The molecule has 2 aromatic carbocycles. The summed E-state index contributed by atoms with van der Waals surface area (Å²) in [5.41, 5.74) is 2.66. The third-order valence-electron chi connectivity index (χ3n) is 5.57. The maximum atomic E-state index is 13.1.